The Bertz CT molecular complexity index is 498. The average molecular weight is 348 g/mol. The molecule has 0 bridgehead atoms. The van der Waals surface area contributed by atoms with E-state index >= 15 is 0 Å². The Balaban J connectivity index is 2.02. The van der Waals surface area contributed by atoms with Gasteiger partial charge >= 0.3 is 7.12 Å². The van der Waals surface area contributed by atoms with E-state index in [1.54, 1.807) is 0 Å². The monoisotopic (exact) mass is 348 g/mol. The van der Waals surface area contributed by atoms with Crippen molar-refractivity contribution in [3.63, 3.8) is 0 Å². The van der Waals surface area contributed by atoms with Crippen molar-refractivity contribution < 1.29 is 18.5 Å². The number of hydrogen-bond donors (Lipinski definition) is 4. The first-order valence-electron chi connectivity index (χ1n) is 8.30. The molecule has 10 heteroatoms. The lowest BCUT2D eigenvalue weighted by Crippen LogP contribution is -2.48. The van der Waals surface area contributed by atoms with Gasteiger partial charge in [0.2, 0.25) is 0 Å². The minimum absolute atomic E-state index is 0.00922. The first-order chi connectivity index (χ1) is 10.7. The van der Waals surface area contributed by atoms with Crippen LogP contribution < -0.4 is 11.5 Å². The number of nitrogens with two attached hydrogens (primary N) is 2. The molecule has 2 atom stereocenters. The maximum absolute atomic E-state index is 12.9. The summed E-state index contributed by atoms with van der Waals surface area (Å²) < 4.78 is 28.8. The van der Waals surface area contributed by atoms with Crippen LogP contribution in [0.3, 0.4) is 0 Å². The standard InChI is InChI=1S/C13H29BN4O4S/c1-13(16)10-17(9-11(13)3-2-6-14(19)20)23(21,22)18(8-7-15)12-4-5-12/h11-12,19-20H,2-10,15-16H2,1H3/t11-,13-/m0/s1. The third kappa shape index (κ3) is 4.65. The van der Waals surface area contributed by atoms with E-state index in [-0.39, 0.29) is 24.8 Å². The molecule has 1 aliphatic carbocycles. The summed E-state index contributed by atoms with van der Waals surface area (Å²) in [6.45, 7) is 3.18. The van der Waals surface area contributed by atoms with E-state index in [4.69, 9.17) is 21.5 Å². The molecule has 23 heavy (non-hydrogen) atoms. The fourth-order valence-electron chi connectivity index (χ4n) is 3.30. The summed E-state index contributed by atoms with van der Waals surface area (Å²) in [4.78, 5) is 0. The summed E-state index contributed by atoms with van der Waals surface area (Å²) in [5, 5.41) is 17.9. The average Bonchev–Trinajstić information content (AvgIpc) is 3.21. The summed E-state index contributed by atoms with van der Waals surface area (Å²) in [6.07, 6.45) is 3.35. The van der Waals surface area contributed by atoms with Crippen molar-refractivity contribution in [2.45, 2.75) is 50.5 Å². The van der Waals surface area contributed by atoms with Crippen LogP contribution in [0.4, 0.5) is 0 Å². The maximum Gasteiger partial charge on any atom is 0.451 e. The van der Waals surface area contributed by atoms with Crippen LogP contribution in [-0.4, -0.2) is 72.0 Å². The summed E-state index contributed by atoms with van der Waals surface area (Å²) in [7, 11) is -4.86. The normalized spacial score (nSPS) is 29.4. The predicted octanol–water partition coefficient (Wildman–Crippen LogP) is -1.44. The number of rotatable bonds is 9. The van der Waals surface area contributed by atoms with Gasteiger partial charge in [0.15, 0.2) is 0 Å². The highest BCUT2D eigenvalue weighted by Gasteiger charge is 2.48. The second-order valence-corrected chi connectivity index (χ2v) is 8.93. The van der Waals surface area contributed by atoms with Gasteiger partial charge in [0.05, 0.1) is 0 Å². The van der Waals surface area contributed by atoms with Crippen molar-refractivity contribution in [1.29, 1.82) is 0 Å². The zero-order valence-electron chi connectivity index (χ0n) is 13.8. The molecule has 8 nitrogen and oxygen atoms in total. The van der Waals surface area contributed by atoms with Crippen LogP contribution in [0, 0.1) is 5.92 Å². The molecule has 1 aliphatic heterocycles. The van der Waals surface area contributed by atoms with Crippen LogP contribution in [-0.2, 0) is 10.2 Å². The molecule has 2 fully saturated rings. The first kappa shape index (κ1) is 19.1. The Labute approximate surface area is 139 Å². The summed E-state index contributed by atoms with van der Waals surface area (Å²) >= 11 is 0. The van der Waals surface area contributed by atoms with E-state index in [2.05, 4.69) is 0 Å². The Morgan fingerprint density at radius 2 is 2.04 bits per heavy atom. The molecule has 0 aromatic carbocycles. The van der Waals surface area contributed by atoms with Gasteiger partial charge in [-0.1, -0.05) is 6.42 Å². The molecule has 0 aromatic heterocycles. The van der Waals surface area contributed by atoms with Crippen LogP contribution in [0.2, 0.25) is 6.32 Å². The highest BCUT2D eigenvalue weighted by molar-refractivity contribution is 7.86. The number of hydrogen-bond acceptors (Lipinski definition) is 6. The molecule has 1 saturated carbocycles. The zero-order chi connectivity index (χ0) is 17.3. The Morgan fingerprint density at radius 3 is 2.57 bits per heavy atom. The van der Waals surface area contributed by atoms with Gasteiger partial charge in [-0.2, -0.15) is 17.0 Å². The quantitative estimate of drug-likeness (QED) is 0.377. The van der Waals surface area contributed by atoms with Gasteiger partial charge in [0.25, 0.3) is 10.2 Å². The molecule has 134 valence electrons. The molecule has 1 saturated heterocycles. The third-order valence-corrected chi connectivity index (χ3v) is 6.82. The first-order valence-corrected chi connectivity index (χ1v) is 9.70. The van der Waals surface area contributed by atoms with Gasteiger partial charge in [-0.3, -0.25) is 0 Å². The van der Waals surface area contributed by atoms with Crippen molar-refractivity contribution in [2.75, 3.05) is 26.2 Å². The Morgan fingerprint density at radius 1 is 1.39 bits per heavy atom. The predicted molar refractivity (Wildman–Crippen MR) is 89.6 cm³/mol. The van der Waals surface area contributed by atoms with E-state index in [1.807, 2.05) is 6.92 Å². The zero-order valence-corrected chi connectivity index (χ0v) is 14.6. The van der Waals surface area contributed by atoms with E-state index in [0.717, 1.165) is 12.8 Å². The summed E-state index contributed by atoms with van der Waals surface area (Å²) in [5.41, 5.74) is 11.3. The molecular formula is C13H29BN4O4S. The largest absolute Gasteiger partial charge is 0.451 e. The minimum Gasteiger partial charge on any atom is -0.427 e. The smallest absolute Gasteiger partial charge is 0.427 e. The fourth-order valence-corrected chi connectivity index (χ4v) is 5.33. The van der Waals surface area contributed by atoms with Crippen LogP contribution in [0.1, 0.15) is 32.6 Å². The molecule has 0 unspecified atom stereocenters. The van der Waals surface area contributed by atoms with Crippen LogP contribution in [0.15, 0.2) is 0 Å². The second kappa shape index (κ2) is 7.34. The lowest BCUT2D eigenvalue weighted by atomic mass is 9.79. The molecule has 0 spiro atoms. The highest BCUT2D eigenvalue weighted by Crippen LogP contribution is 2.35. The molecule has 0 radical (unpaired) electrons. The Kier molecular flexibility index (Phi) is 6.10. The van der Waals surface area contributed by atoms with Crippen molar-refractivity contribution in [2.24, 2.45) is 17.4 Å². The lowest BCUT2D eigenvalue weighted by molar-refractivity contribution is 0.343. The molecule has 2 aliphatic rings. The fraction of sp³-hybridized carbons (Fsp3) is 1.00. The maximum atomic E-state index is 12.9. The van der Waals surface area contributed by atoms with Gasteiger partial charge in [-0.15, -0.1) is 0 Å². The molecule has 2 rings (SSSR count). The van der Waals surface area contributed by atoms with E-state index in [0.29, 0.717) is 32.5 Å². The lowest BCUT2D eigenvalue weighted by Gasteiger charge is -2.28. The van der Waals surface area contributed by atoms with Gasteiger partial charge in [0, 0.05) is 37.8 Å². The van der Waals surface area contributed by atoms with Crippen LogP contribution in [0.5, 0.6) is 0 Å². The number of nitrogens with zero attached hydrogens (tertiary/aromatic N) is 2. The summed E-state index contributed by atoms with van der Waals surface area (Å²) in [6, 6.07) is 0.0798. The SMILES string of the molecule is C[C@]1(N)CN(S(=O)(=O)N(CCN)C2CC2)C[C@@H]1CCCB(O)O. The Hall–Kier alpha value is -0.225. The molecule has 0 aromatic rings. The summed E-state index contributed by atoms with van der Waals surface area (Å²) in [5.74, 6) is 0.00922. The van der Waals surface area contributed by atoms with E-state index in [1.165, 1.54) is 8.61 Å². The van der Waals surface area contributed by atoms with Crippen LogP contribution in [0.25, 0.3) is 0 Å². The van der Waals surface area contributed by atoms with E-state index < -0.39 is 22.9 Å². The molecular weight excluding hydrogens is 319 g/mol. The van der Waals surface area contributed by atoms with Crippen molar-refractivity contribution in [3.8, 4) is 0 Å². The van der Waals surface area contributed by atoms with Crippen molar-refractivity contribution in [3.05, 3.63) is 0 Å². The van der Waals surface area contributed by atoms with Crippen molar-refractivity contribution >= 4 is 17.3 Å². The highest BCUT2D eigenvalue weighted by atomic mass is 32.2. The topological polar surface area (TPSA) is 133 Å². The van der Waals surface area contributed by atoms with Gasteiger partial charge in [0.1, 0.15) is 0 Å². The molecule has 0 amide bonds. The minimum atomic E-state index is -3.54. The van der Waals surface area contributed by atoms with Crippen LogP contribution >= 0.6 is 0 Å². The van der Waals surface area contributed by atoms with E-state index in [9.17, 15) is 8.42 Å². The molecule has 1 heterocycles. The van der Waals surface area contributed by atoms with Crippen molar-refractivity contribution in [1.82, 2.24) is 8.61 Å². The van der Waals surface area contributed by atoms with Gasteiger partial charge in [-0.05, 0) is 38.4 Å². The second-order valence-electron chi connectivity index (χ2n) is 7.05. The third-order valence-electron chi connectivity index (χ3n) is 4.81. The van der Waals surface area contributed by atoms with Gasteiger partial charge in [-0.25, -0.2) is 0 Å². The molecule has 6 N–H and O–H groups in total. The van der Waals surface area contributed by atoms with Gasteiger partial charge < -0.3 is 21.5 Å².